The normalized spacial score (nSPS) is 15.9. The van der Waals surface area contributed by atoms with Crippen molar-refractivity contribution in [1.29, 1.82) is 0 Å². The molecule has 3 aromatic rings. The number of hydrogen-bond acceptors (Lipinski definition) is 7. The minimum absolute atomic E-state index is 0.0161. The third-order valence-corrected chi connectivity index (χ3v) is 5.18. The Kier molecular flexibility index (Phi) is 5.37. The third-order valence-electron chi connectivity index (χ3n) is 4.27. The molecule has 0 radical (unpaired) electrons. The van der Waals surface area contributed by atoms with Crippen molar-refractivity contribution in [2.24, 2.45) is 4.99 Å². The zero-order valence-corrected chi connectivity index (χ0v) is 16.5. The Morgan fingerprint density at radius 1 is 1.13 bits per heavy atom. The van der Waals surface area contributed by atoms with Crippen LogP contribution in [-0.4, -0.2) is 27.1 Å². The number of amidine groups is 1. The molecule has 2 aromatic carbocycles. The highest BCUT2D eigenvalue weighted by molar-refractivity contribution is 8.18. The van der Waals surface area contributed by atoms with Crippen molar-refractivity contribution < 1.29 is 24.0 Å². The number of carbonyl (C=O) groups is 2. The van der Waals surface area contributed by atoms with Crippen LogP contribution in [0.4, 0.5) is 11.4 Å². The highest BCUT2D eigenvalue weighted by Crippen LogP contribution is 2.33. The Hall–Kier alpha value is -4.18. The molecule has 1 saturated heterocycles. The van der Waals surface area contributed by atoms with Crippen LogP contribution in [0, 0.1) is 10.1 Å². The summed E-state index contributed by atoms with van der Waals surface area (Å²) in [6.07, 6.45) is 1.49. The summed E-state index contributed by atoms with van der Waals surface area (Å²) in [5.74, 6) is -0.909. The van der Waals surface area contributed by atoms with Crippen molar-refractivity contribution in [3.05, 3.63) is 87.0 Å². The number of nitro groups is 1. The molecule has 154 valence electrons. The minimum Gasteiger partial charge on any atom is -0.478 e. The fourth-order valence-electron chi connectivity index (χ4n) is 2.89. The van der Waals surface area contributed by atoms with Gasteiger partial charge >= 0.3 is 5.97 Å². The molecule has 1 aliphatic rings. The summed E-state index contributed by atoms with van der Waals surface area (Å²) < 4.78 is 5.68. The standard InChI is InChI=1S/C21H13N3O6S/c25-19-18(31-21(23-19)22-15-7-3-1-5-13(15)20(26)27)11-12-9-10-17(30-12)14-6-2-4-8-16(14)24(28)29/h1-11H,(H,26,27)(H,22,23,25). The van der Waals surface area contributed by atoms with Gasteiger partial charge in [-0.25, -0.2) is 9.79 Å². The van der Waals surface area contributed by atoms with E-state index in [4.69, 9.17) is 4.42 Å². The summed E-state index contributed by atoms with van der Waals surface area (Å²) in [7, 11) is 0. The van der Waals surface area contributed by atoms with Crippen molar-refractivity contribution in [2.45, 2.75) is 0 Å². The van der Waals surface area contributed by atoms with Gasteiger partial charge in [-0.2, -0.15) is 0 Å². The third kappa shape index (κ3) is 4.23. The summed E-state index contributed by atoms with van der Waals surface area (Å²) >= 11 is 1.03. The van der Waals surface area contributed by atoms with Gasteiger partial charge < -0.3 is 14.8 Å². The van der Waals surface area contributed by atoms with Crippen LogP contribution in [-0.2, 0) is 4.79 Å². The molecule has 0 bridgehead atoms. The van der Waals surface area contributed by atoms with E-state index in [-0.39, 0.29) is 27.0 Å². The van der Waals surface area contributed by atoms with Gasteiger partial charge in [0.15, 0.2) is 5.17 Å². The van der Waals surface area contributed by atoms with E-state index >= 15 is 0 Å². The number of carbonyl (C=O) groups excluding carboxylic acids is 1. The van der Waals surface area contributed by atoms with Crippen molar-refractivity contribution in [3.8, 4) is 11.3 Å². The SMILES string of the molecule is O=C1NC(=Nc2ccccc2C(=O)O)SC1=Cc1ccc(-c2ccccc2[N+](=O)[O-])o1. The number of nitro benzene ring substituents is 1. The lowest BCUT2D eigenvalue weighted by molar-refractivity contribution is -0.384. The number of carboxylic acid groups (broad SMARTS) is 1. The largest absolute Gasteiger partial charge is 0.478 e. The smallest absolute Gasteiger partial charge is 0.337 e. The van der Waals surface area contributed by atoms with Crippen LogP contribution in [0.2, 0.25) is 0 Å². The number of hydrogen-bond donors (Lipinski definition) is 2. The van der Waals surface area contributed by atoms with Crippen LogP contribution in [0.5, 0.6) is 0 Å². The van der Waals surface area contributed by atoms with Crippen molar-refractivity contribution in [1.82, 2.24) is 5.32 Å². The van der Waals surface area contributed by atoms with E-state index in [1.165, 1.54) is 24.3 Å². The first kappa shape index (κ1) is 20.1. The number of benzene rings is 2. The molecule has 31 heavy (non-hydrogen) atoms. The number of aliphatic imine (C=N–C) groups is 1. The van der Waals surface area contributed by atoms with Crippen molar-refractivity contribution in [2.75, 3.05) is 0 Å². The highest BCUT2D eigenvalue weighted by atomic mass is 32.2. The Morgan fingerprint density at radius 2 is 1.87 bits per heavy atom. The lowest BCUT2D eigenvalue weighted by Gasteiger charge is -2.00. The van der Waals surface area contributed by atoms with Crippen LogP contribution in [0.25, 0.3) is 17.4 Å². The number of carboxylic acids is 1. The van der Waals surface area contributed by atoms with E-state index in [0.29, 0.717) is 17.1 Å². The monoisotopic (exact) mass is 435 g/mol. The van der Waals surface area contributed by atoms with E-state index in [0.717, 1.165) is 11.8 Å². The summed E-state index contributed by atoms with van der Waals surface area (Å²) in [4.78, 5) is 38.9. The molecule has 9 nitrogen and oxygen atoms in total. The number of thioether (sulfide) groups is 1. The fraction of sp³-hybridized carbons (Fsp3) is 0. The molecule has 0 aliphatic carbocycles. The molecule has 0 saturated carbocycles. The molecule has 1 amide bonds. The minimum atomic E-state index is -1.12. The summed E-state index contributed by atoms with van der Waals surface area (Å²) in [5.41, 5.74) is 0.474. The average molecular weight is 435 g/mol. The molecule has 0 atom stereocenters. The van der Waals surface area contributed by atoms with Crippen LogP contribution in [0.3, 0.4) is 0 Å². The number of aromatic carboxylic acids is 1. The van der Waals surface area contributed by atoms with Gasteiger partial charge in [0.2, 0.25) is 0 Å². The van der Waals surface area contributed by atoms with Crippen LogP contribution >= 0.6 is 11.8 Å². The number of amides is 1. The summed E-state index contributed by atoms with van der Waals surface area (Å²) in [6, 6.07) is 15.6. The van der Waals surface area contributed by atoms with Gasteiger partial charge in [-0.3, -0.25) is 14.9 Å². The van der Waals surface area contributed by atoms with Gasteiger partial charge in [0.05, 0.1) is 26.6 Å². The van der Waals surface area contributed by atoms with Gasteiger partial charge in [0, 0.05) is 12.1 Å². The molecule has 2 N–H and O–H groups in total. The summed E-state index contributed by atoms with van der Waals surface area (Å²) in [6.45, 7) is 0. The number of para-hydroxylation sites is 2. The topological polar surface area (TPSA) is 135 Å². The maximum Gasteiger partial charge on any atom is 0.337 e. The molecule has 2 heterocycles. The molecular formula is C21H13N3O6S. The number of rotatable bonds is 5. The number of nitrogens with zero attached hydrogens (tertiary/aromatic N) is 2. The molecule has 4 rings (SSSR count). The van der Waals surface area contributed by atoms with E-state index < -0.39 is 16.8 Å². The lowest BCUT2D eigenvalue weighted by Crippen LogP contribution is -2.19. The highest BCUT2D eigenvalue weighted by Gasteiger charge is 2.25. The fourth-order valence-corrected chi connectivity index (χ4v) is 3.70. The first-order valence-corrected chi connectivity index (χ1v) is 9.69. The molecule has 10 heteroatoms. The van der Waals surface area contributed by atoms with E-state index in [9.17, 15) is 24.8 Å². The predicted molar refractivity (Wildman–Crippen MR) is 115 cm³/mol. The maximum absolute atomic E-state index is 12.3. The van der Waals surface area contributed by atoms with Gasteiger partial charge in [0.25, 0.3) is 11.6 Å². The second-order valence-electron chi connectivity index (χ2n) is 6.28. The van der Waals surface area contributed by atoms with Crippen LogP contribution in [0.1, 0.15) is 16.1 Å². The van der Waals surface area contributed by atoms with Gasteiger partial charge in [-0.15, -0.1) is 0 Å². The van der Waals surface area contributed by atoms with Crippen molar-refractivity contribution >= 4 is 46.3 Å². The average Bonchev–Trinajstić information content (AvgIpc) is 3.35. The van der Waals surface area contributed by atoms with E-state index in [1.807, 2.05) is 0 Å². The second kappa shape index (κ2) is 8.28. The molecule has 1 fully saturated rings. The summed E-state index contributed by atoms with van der Waals surface area (Å²) in [5, 5.41) is 23.3. The zero-order valence-electron chi connectivity index (χ0n) is 15.6. The zero-order chi connectivity index (χ0) is 22.0. The molecule has 0 unspecified atom stereocenters. The van der Waals surface area contributed by atoms with E-state index in [1.54, 1.807) is 42.5 Å². The molecule has 1 aliphatic heterocycles. The number of furan rings is 1. The number of nitrogens with one attached hydrogen (secondary N) is 1. The molecule has 0 spiro atoms. The first-order chi connectivity index (χ1) is 14.9. The Labute approximate surface area is 179 Å². The molecular weight excluding hydrogens is 422 g/mol. The second-order valence-corrected chi connectivity index (χ2v) is 7.31. The predicted octanol–water partition coefficient (Wildman–Crippen LogP) is 4.44. The molecule has 1 aromatic heterocycles. The van der Waals surface area contributed by atoms with Crippen molar-refractivity contribution in [3.63, 3.8) is 0 Å². The Morgan fingerprint density at radius 3 is 2.65 bits per heavy atom. The maximum atomic E-state index is 12.3. The van der Waals surface area contributed by atoms with E-state index in [2.05, 4.69) is 10.3 Å². The Bertz CT molecular complexity index is 1280. The van der Waals surface area contributed by atoms with Gasteiger partial charge in [0.1, 0.15) is 11.5 Å². The van der Waals surface area contributed by atoms with Crippen LogP contribution in [0.15, 0.2) is 75.0 Å². The Balaban J connectivity index is 1.60. The lowest BCUT2D eigenvalue weighted by atomic mass is 10.1. The quantitative estimate of drug-likeness (QED) is 0.343. The van der Waals surface area contributed by atoms with Crippen LogP contribution < -0.4 is 5.32 Å². The van der Waals surface area contributed by atoms with Gasteiger partial charge in [-0.1, -0.05) is 24.3 Å². The first-order valence-electron chi connectivity index (χ1n) is 8.88. The van der Waals surface area contributed by atoms with Gasteiger partial charge in [-0.05, 0) is 42.1 Å².